The van der Waals surface area contributed by atoms with Crippen molar-refractivity contribution in [3.05, 3.63) is 35.1 Å². The van der Waals surface area contributed by atoms with E-state index in [0.717, 1.165) is 6.07 Å². The van der Waals surface area contributed by atoms with Crippen LogP contribution in [0.2, 0.25) is 0 Å². The average molecular weight is 294 g/mol. The molecule has 0 aromatic heterocycles. The van der Waals surface area contributed by atoms with E-state index in [1.807, 2.05) is 0 Å². The number of benzene rings is 1. The summed E-state index contributed by atoms with van der Waals surface area (Å²) in [6, 6.07) is 0.271. The van der Waals surface area contributed by atoms with Crippen LogP contribution in [-0.2, 0) is 0 Å². The van der Waals surface area contributed by atoms with E-state index in [0.29, 0.717) is 32.2 Å². The van der Waals surface area contributed by atoms with Crippen LogP contribution in [0.3, 0.4) is 0 Å². The Balaban J connectivity index is 2.37. The number of rotatable bonds is 4. The summed E-state index contributed by atoms with van der Waals surface area (Å²) >= 11 is 0. The molecular formula is C13H15F5N2. The predicted molar refractivity (Wildman–Crippen MR) is 64.1 cm³/mol. The zero-order valence-corrected chi connectivity index (χ0v) is 10.7. The van der Waals surface area contributed by atoms with Crippen LogP contribution in [0.15, 0.2) is 12.1 Å². The van der Waals surface area contributed by atoms with Crippen LogP contribution in [0.25, 0.3) is 0 Å². The van der Waals surface area contributed by atoms with Gasteiger partial charge in [0.15, 0.2) is 11.6 Å². The van der Waals surface area contributed by atoms with Crippen molar-refractivity contribution in [1.82, 2.24) is 10.2 Å². The first-order valence-corrected chi connectivity index (χ1v) is 6.37. The Morgan fingerprint density at radius 3 is 2.25 bits per heavy atom. The van der Waals surface area contributed by atoms with Crippen LogP contribution in [0.1, 0.15) is 18.0 Å². The van der Waals surface area contributed by atoms with Gasteiger partial charge in [0, 0.05) is 44.2 Å². The summed E-state index contributed by atoms with van der Waals surface area (Å²) in [5, 5.41) is 3.02. The third-order valence-electron chi connectivity index (χ3n) is 3.41. The number of halogens is 5. The van der Waals surface area contributed by atoms with Crippen LogP contribution in [-0.4, -0.2) is 37.5 Å². The summed E-state index contributed by atoms with van der Waals surface area (Å²) in [6.07, 6.45) is -3.45. The Morgan fingerprint density at radius 1 is 1.05 bits per heavy atom. The third-order valence-corrected chi connectivity index (χ3v) is 3.41. The maximum absolute atomic E-state index is 13.8. The van der Waals surface area contributed by atoms with Gasteiger partial charge < -0.3 is 5.32 Å². The van der Waals surface area contributed by atoms with Gasteiger partial charge in [-0.3, -0.25) is 4.90 Å². The standard InChI is InChI=1S/C13H15F5N2/c14-8-1-2-9(15)13(18)12(8)10(7-11(16)17)20-5-3-19-4-6-20/h1-2,10-11,19H,3-7H2/t10-/m0/s1. The highest BCUT2D eigenvalue weighted by Gasteiger charge is 2.31. The maximum Gasteiger partial charge on any atom is 0.240 e. The van der Waals surface area contributed by atoms with E-state index in [1.165, 1.54) is 0 Å². The summed E-state index contributed by atoms with van der Waals surface area (Å²) < 4.78 is 66.3. The highest BCUT2D eigenvalue weighted by atomic mass is 19.3. The second kappa shape index (κ2) is 6.49. The van der Waals surface area contributed by atoms with Crippen LogP contribution < -0.4 is 5.32 Å². The van der Waals surface area contributed by atoms with Crippen molar-refractivity contribution < 1.29 is 22.0 Å². The van der Waals surface area contributed by atoms with Gasteiger partial charge in [-0.25, -0.2) is 22.0 Å². The lowest BCUT2D eigenvalue weighted by Crippen LogP contribution is -2.46. The molecule has 2 rings (SSSR count). The van der Waals surface area contributed by atoms with Crippen LogP contribution in [0, 0.1) is 17.5 Å². The van der Waals surface area contributed by atoms with Gasteiger partial charge in [-0.2, -0.15) is 0 Å². The zero-order valence-electron chi connectivity index (χ0n) is 10.7. The molecule has 1 aromatic rings. The molecule has 0 amide bonds. The molecule has 1 saturated heterocycles. The molecule has 0 unspecified atom stereocenters. The van der Waals surface area contributed by atoms with Crippen molar-refractivity contribution >= 4 is 0 Å². The van der Waals surface area contributed by atoms with Crippen LogP contribution in [0.5, 0.6) is 0 Å². The van der Waals surface area contributed by atoms with Crippen molar-refractivity contribution in [3.8, 4) is 0 Å². The second-order valence-electron chi connectivity index (χ2n) is 4.69. The molecule has 0 radical (unpaired) electrons. The molecule has 1 aromatic carbocycles. The fourth-order valence-electron chi connectivity index (χ4n) is 2.46. The van der Waals surface area contributed by atoms with E-state index < -0.39 is 41.9 Å². The number of hydrogen-bond donors (Lipinski definition) is 1. The predicted octanol–water partition coefficient (Wildman–Crippen LogP) is 2.71. The van der Waals surface area contributed by atoms with E-state index in [9.17, 15) is 22.0 Å². The number of hydrogen-bond acceptors (Lipinski definition) is 2. The van der Waals surface area contributed by atoms with Gasteiger partial charge in [0.1, 0.15) is 5.82 Å². The molecule has 20 heavy (non-hydrogen) atoms. The minimum Gasteiger partial charge on any atom is -0.314 e. The minimum atomic E-state index is -2.73. The van der Waals surface area contributed by atoms with Gasteiger partial charge in [0.2, 0.25) is 6.43 Å². The third kappa shape index (κ3) is 3.27. The first kappa shape index (κ1) is 15.2. The first-order valence-electron chi connectivity index (χ1n) is 6.37. The summed E-state index contributed by atoms with van der Waals surface area (Å²) in [4.78, 5) is 1.56. The zero-order chi connectivity index (χ0) is 14.7. The van der Waals surface area contributed by atoms with Gasteiger partial charge in [-0.15, -0.1) is 0 Å². The molecule has 1 fully saturated rings. The Hall–Kier alpha value is -1.21. The normalized spacial score (nSPS) is 18.5. The lowest BCUT2D eigenvalue weighted by Gasteiger charge is -2.35. The van der Waals surface area contributed by atoms with Gasteiger partial charge in [-0.1, -0.05) is 0 Å². The van der Waals surface area contributed by atoms with Crippen molar-refractivity contribution in [2.24, 2.45) is 0 Å². The lowest BCUT2D eigenvalue weighted by molar-refractivity contribution is 0.0706. The second-order valence-corrected chi connectivity index (χ2v) is 4.69. The Morgan fingerprint density at radius 2 is 1.65 bits per heavy atom. The quantitative estimate of drug-likeness (QED) is 0.678. The van der Waals surface area contributed by atoms with Gasteiger partial charge in [0.25, 0.3) is 0 Å². The minimum absolute atomic E-state index is 0.382. The van der Waals surface area contributed by atoms with Crippen LogP contribution in [0.4, 0.5) is 22.0 Å². The SMILES string of the molecule is Fc1ccc(F)c([C@H](CC(F)F)N2CCNCC2)c1F. The molecule has 0 aliphatic carbocycles. The fourth-order valence-corrected chi connectivity index (χ4v) is 2.46. The molecule has 2 nitrogen and oxygen atoms in total. The molecule has 0 bridgehead atoms. The van der Waals surface area contributed by atoms with Crippen LogP contribution >= 0.6 is 0 Å². The monoisotopic (exact) mass is 294 g/mol. The Kier molecular flexibility index (Phi) is 4.93. The molecule has 1 atom stereocenters. The lowest BCUT2D eigenvalue weighted by atomic mass is 9.99. The molecule has 1 aliphatic heterocycles. The summed E-state index contributed by atoms with van der Waals surface area (Å²) in [5.41, 5.74) is -0.604. The average Bonchev–Trinajstić information content (AvgIpc) is 2.43. The summed E-state index contributed by atoms with van der Waals surface area (Å²) in [5.74, 6) is -3.60. The molecule has 7 heteroatoms. The highest BCUT2D eigenvalue weighted by molar-refractivity contribution is 5.25. The summed E-state index contributed by atoms with van der Waals surface area (Å²) in [7, 11) is 0. The Labute approximate surface area is 113 Å². The molecule has 1 heterocycles. The highest BCUT2D eigenvalue weighted by Crippen LogP contribution is 2.32. The smallest absolute Gasteiger partial charge is 0.240 e. The Bertz CT molecular complexity index is 460. The number of alkyl halides is 2. The van der Waals surface area contributed by atoms with Crippen molar-refractivity contribution in [2.45, 2.75) is 18.9 Å². The number of nitrogens with zero attached hydrogens (tertiary/aromatic N) is 1. The van der Waals surface area contributed by atoms with Crippen molar-refractivity contribution in [1.29, 1.82) is 0 Å². The van der Waals surface area contributed by atoms with E-state index in [2.05, 4.69) is 5.32 Å². The molecule has 1 N–H and O–H groups in total. The molecule has 0 spiro atoms. The number of nitrogens with one attached hydrogen (secondary N) is 1. The van der Waals surface area contributed by atoms with Crippen molar-refractivity contribution in [3.63, 3.8) is 0 Å². The molecular weight excluding hydrogens is 279 g/mol. The molecule has 0 saturated carbocycles. The van der Waals surface area contributed by atoms with E-state index in [4.69, 9.17) is 0 Å². The topological polar surface area (TPSA) is 15.3 Å². The van der Waals surface area contributed by atoms with Gasteiger partial charge >= 0.3 is 0 Å². The molecule has 1 aliphatic rings. The molecule has 112 valence electrons. The van der Waals surface area contributed by atoms with E-state index >= 15 is 0 Å². The maximum atomic E-state index is 13.8. The number of piperazine rings is 1. The van der Waals surface area contributed by atoms with E-state index in [-0.39, 0.29) is 0 Å². The van der Waals surface area contributed by atoms with Crippen molar-refractivity contribution in [2.75, 3.05) is 26.2 Å². The first-order chi connectivity index (χ1) is 9.50. The summed E-state index contributed by atoms with van der Waals surface area (Å²) in [6.45, 7) is 1.84. The largest absolute Gasteiger partial charge is 0.314 e. The van der Waals surface area contributed by atoms with Gasteiger partial charge in [-0.05, 0) is 12.1 Å². The fraction of sp³-hybridized carbons (Fsp3) is 0.538. The van der Waals surface area contributed by atoms with Gasteiger partial charge in [0.05, 0.1) is 0 Å². The van der Waals surface area contributed by atoms with E-state index in [1.54, 1.807) is 4.90 Å².